The van der Waals surface area contributed by atoms with Gasteiger partial charge in [-0.25, -0.2) is 15.0 Å². The predicted octanol–water partition coefficient (Wildman–Crippen LogP) is 2.90. The molecule has 0 aliphatic carbocycles. The molecule has 8 heteroatoms. The normalized spacial score (nSPS) is 17.4. The summed E-state index contributed by atoms with van der Waals surface area (Å²) in [5.41, 5.74) is 0.388. The summed E-state index contributed by atoms with van der Waals surface area (Å²) in [6, 6.07) is 1.92. The first kappa shape index (κ1) is 18.5. The number of carbonyl (C=O) groups excluding carboxylic acids is 1. The molecule has 1 amide bonds. The summed E-state index contributed by atoms with van der Waals surface area (Å²) < 4.78 is 0. The number of halogens is 1. The Morgan fingerprint density at radius 1 is 1.35 bits per heavy atom. The molecule has 26 heavy (non-hydrogen) atoms. The molecule has 1 fully saturated rings. The summed E-state index contributed by atoms with van der Waals surface area (Å²) in [6.45, 7) is 7.00. The molecular weight excluding hydrogens is 352 g/mol. The van der Waals surface area contributed by atoms with Gasteiger partial charge in [0, 0.05) is 43.3 Å². The van der Waals surface area contributed by atoms with Crippen LogP contribution in [0.1, 0.15) is 37.7 Å². The lowest BCUT2D eigenvalue weighted by atomic mass is 9.94. The number of anilines is 2. The van der Waals surface area contributed by atoms with E-state index in [1.54, 1.807) is 18.6 Å². The summed E-state index contributed by atoms with van der Waals surface area (Å²) in [7, 11) is 0. The second-order valence-corrected chi connectivity index (χ2v) is 7.46. The van der Waals surface area contributed by atoms with Crippen LogP contribution in [0.2, 0.25) is 0 Å². The van der Waals surface area contributed by atoms with Crippen LogP contribution in [-0.2, 0) is 4.79 Å². The Morgan fingerprint density at radius 3 is 2.85 bits per heavy atom. The van der Waals surface area contributed by atoms with E-state index in [0.717, 1.165) is 18.7 Å². The molecule has 3 rings (SSSR count). The molecule has 1 aliphatic heterocycles. The van der Waals surface area contributed by atoms with E-state index in [9.17, 15) is 4.79 Å². The average molecular weight is 375 g/mol. The van der Waals surface area contributed by atoms with Crippen LogP contribution in [0.3, 0.4) is 0 Å². The third-order valence-electron chi connectivity index (χ3n) is 4.48. The number of rotatable bonds is 5. The van der Waals surface area contributed by atoms with Crippen LogP contribution in [0.15, 0.2) is 24.7 Å². The van der Waals surface area contributed by atoms with Gasteiger partial charge >= 0.3 is 0 Å². The van der Waals surface area contributed by atoms with Gasteiger partial charge in [0.2, 0.25) is 5.91 Å². The number of carbonyl (C=O) groups is 1. The molecule has 2 aromatic heterocycles. The minimum absolute atomic E-state index is 0.0960. The van der Waals surface area contributed by atoms with E-state index in [0.29, 0.717) is 29.9 Å². The fourth-order valence-electron chi connectivity index (χ4n) is 3.03. The predicted molar refractivity (Wildman–Crippen MR) is 101 cm³/mol. The zero-order valence-electron chi connectivity index (χ0n) is 15.2. The SMILES string of the molecule is Cc1nc(Nc2cnccn2)cc(C2CCN(C(=O)C(C)(C)CCl)C2)n1. The van der Waals surface area contributed by atoms with Gasteiger partial charge in [-0.3, -0.25) is 9.78 Å². The molecule has 1 saturated heterocycles. The standard InChI is InChI=1S/C18H23ClN6O/c1-12-22-14(8-15(23-12)24-16-9-20-5-6-21-16)13-4-7-25(10-13)17(26)18(2,3)11-19/h5-6,8-9,13H,4,7,10-11H2,1-3H3,(H,21,22,23,24). The zero-order valence-corrected chi connectivity index (χ0v) is 16.0. The molecule has 0 aromatic carbocycles. The zero-order chi connectivity index (χ0) is 18.7. The fourth-order valence-corrected chi connectivity index (χ4v) is 3.14. The van der Waals surface area contributed by atoms with Gasteiger partial charge in [0.25, 0.3) is 0 Å². The number of amides is 1. The van der Waals surface area contributed by atoms with E-state index in [1.807, 2.05) is 31.7 Å². The Morgan fingerprint density at radius 2 is 2.15 bits per heavy atom. The molecule has 0 saturated carbocycles. The Balaban J connectivity index is 1.75. The monoisotopic (exact) mass is 374 g/mol. The largest absolute Gasteiger partial charge is 0.342 e. The number of alkyl halides is 1. The fraction of sp³-hybridized carbons (Fsp3) is 0.500. The first-order valence-corrected chi connectivity index (χ1v) is 9.16. The maximum Gasteiger partial charge on any atom is 0.229 e. The summed E-state index contributed by atoms with van der Waals surface area (Å²) in [5, 5.41) is 3.15. The van der Waals surface area contributed by atoms with Crippen molar-refractivity contribution in [2.24, 2.45) is 5.41 Å². The number of aromatic nitrogens is 4. The summed E-state index contributed by atoms with van der Waals surface area (Å²) in [5.74, 6) is 2.58. The molecule has 0 radical (unpaired) electrons. The van der Waals surface area contributed by atoms with Crippen LogP contribution in [0.5, 0.6) is 0 Å². The molecule has 0 spiro atoms. The minimum atomic E-state index is -0.545. The van der Waals surface area contributed by atoms with E-state index < -0.39 is 5.41 Å². The van der Waals surface area contributed by atoms with Crippen molar-refractivity contribution in [3.05, 3.63) is 36.2 Å². The Bertz CT molecular complexity index is 783. The van der Waals surface area contributed by atoms with Crippen molar-refractivity contribution in [2.75, 3.05) is 24.3 Å². The van der Waals surface area contributed by atoms with Crippen LogP contribution < -0.4 is 5.32 Å². The highest BCUT2D eigenvalue weighted by atomic mass is 35.5. The van der Waals surface area contributed by atoms with Crippen molar-refractivity contribution >= 4 is 29.1 Å². The summed E-state index contributed by atoms with van der Waals surface area (Å²) in [4.78, 5) is 31.8. The molecule has 138 valence electrons. The first-order valence-electron chi connectivity index (χ1n) is 8.63. The van der Waals surface area contributed by atoms with Crippen molar-refractivity contribution in [3.8, 4) is 0 Å². The number of nitrogens with one attached hydrogen (secondary N) is 1. The van der Waals surface area contributed by atoms with E-state index >= 15 is 0 Å². The highest BCUT2D eigenvalue weighted by Gasteiger charge is 2.36. The molecule has 1 aliphatic rings. The number of nitrogens with zero attached hydrogens (tertiary/aromatic N) is 5. The lowest BCUT2D eigenvalue weighted by molar-refractivity contribution is -0.138. The van der Waals surface area contributed by atoms with Crippen LogP contribution in [0, 0.1) is 12.3 Å². The van der Waals surface area contributed by atoms with Gasteiger partial charge in [0.05, 0.1) is 17.3 Å². The summed E-state index contributed by atoms with van der Waals surface area (Å²) >= 11 is 5.95. The van der Waals surface area contributed by atoms with Crippen LogP contribution >= 0.6 is 11.6 Å². The van der Waals surface area contributed by atoms with Crippen molar-refractivity contribution in [1.82, 2.24) is 24.8 Å². The molecular formula is C18H23ClN6O. The molecule has 2 aromatic rings. The molecule has 3 heterocycles. The van der Waals surface area contributed by atoms with Crippen molar-refractivity contribution < 1.29 is 4.79 Å². The highest BCUT2D eigenvalue weighted by Crippen LogP contribution is 2.31. The lowest BCUT2D eigenvalue weighted by Gasteiger charge is -2.27. The van der Waals surface area contributed by atoms with E-state index in [2.05, 4.69) is 25.3 Å². The van der Waals surface area contributed by atoms with E-state index in [1.165, 1.54) is 0 Å². The van der Waals surface area contributed by atoms with Gasteiger partial charge in [0.15, 0.2) is 0 Å². The Labute approximate surface area is 158 Å². The Kier molecular flexibility index (Phi) is 5.36. The second kappa shape index (κ2) is 7.53. The van der Waals surface area contributed by atoms with Crippen LogP contribution in [0.25, 0.3) is 0 Å². The minimum Gasteiger partial charge on any atom is -0.342 e. The topological polar surface area (TPSA) is 83.9 Å². The van der Waals surface area contributed by atoms with E-state index in [-0.39, 0.29) is 11.8 Å². The van der Waals surface area contributed by atoms with Gasteiger partial charge in [-0.05, 0) is 27.2 Å². The number of hydrogen-bond acceptors (Lipinski definition) is 6. The van der Waals surface area contributed by atoms with Crippen molar-refractivity contribution in [2.45, 2.75) is 33.1 Å². The average Bonchev–Trinajstić information content (AvgIpc) is 3.11. The molecule has 1 unspecified atom stereocenters. The lowest BCUT2D eigenvalue weighted by Crippen LogP contribution is -2.40. The maximum absolute atomic E-state index is 12.6. The van der Waals surface area contributed by atoms with Crippen LogP contribution in [-0.4, -0.2) is 49.7 Å². The smallest absolute Gasteiger partial charge is 0.229 e. The summed E-state index contributed by atoms with van der Waals surface area (Å²) in [6.07, 6.45) is 5.76. The molecule has 1 N–H and O–H groups in total. The van der Waals surface area contributed by atoms with Gasteiger partial charge in [-0.15, -0.1) is 11.6 Å². The van der Waals surface area contributed by atoms with Crippen LogP contribution in [0.4, 0.5) is 11.6 Å². The van der Waals surface area contributed by atoms with E-state index in [4.69, 9.17) is 11.6 Å². The molecule has 7 nitrogen and oxygen atoms in total. The second-order valence-electron chi connectivity index (χ2n) is 7.20. The third kappa shape index (κ3) is 4.09. The molecule has 1 atom stereocenters. The number of aryl methyl sites for hydroxylation is 1. The van der Waals surface area contributed by atoms with Gasteiger partial charge in [0.1, 0.15) is 17.5 Å². The van der Waals surface area contributed by atoms with Gasteiger partial charge < -0.3 is 10.2 Å². The van der Waals surface area contributed by atoms with Gasteiger partial charge in [-0.2, -0.15) is 0 Å². The maximum atomic E-state index is 12.6. The van der Waals surface area contributed by atoms with Crippen molar-refractivity contribution in [1.29, 1.82) is 0 Å². The third-order valence-corrected chi connectivity index (χ3v) is 5.15. The quantitative estimate of drug-likeness (QED) is 0.810. The highest BCUT2D eigenvalue weighted by molar-refractivity contribution is 6.19. The van der Waals surface area contributed by atoms with Gasteiger partial charge in [-0.1, -0.05) is 0 Å². The number of likely N-dealkylation sites (tertiary alicyclic amines) is 1. The molecule has 0 bridgehead atoms. The number of hydrogen-bond donors (Lipinski definition) is 1. The van der Waals surface area contributed by atoms with Crippen molar-refractivity contribution in [3.63, 3.8) is 0 Å². The Hall–Kier alpha value is -2.28. The first-order chi connectivity index (χ1) is 12.4.